The van der Waals surface area contributed by atoms with Crippen molar-refractivity contribution in [3.63, 3.8) is 0 Å². The standard InChI is InChI=1S/C17H17NO2/c1-13-16(19)18(12-14-8-4-2-5-9-14)17(20-13)15-10-6-3-7-11-15/h2-11,13,17H,12H2,1H3. The minimum absolute atomic E-state index is 0.0442. The number of hydrogen-bond acceptors (Lipinski definition) is 2. The summed E-state index contributed by atoms with van der Waals surface area (Å²) < 4.78 is 5.82. The number of hydrogen-bond donors (Lipinski definition) is 0. The van der Waals surface area contributed by atoms with Crippen LogP contribution < -0.4 is 0 Å². The Labute approximate surface area is 118 Å². The van der Waals surface area contributed by atoms with Gasteiger partial charge in [0.25, 0.3) is 5.91 Å². The maximum absolute atomic E-state index is 12.3. The van der Waals surface area contributed by atoms with Gasteiger partial charge in [-0.25, -0.2) is 0 Å². The molecule has 2 aromatic carbocycles. The molecule has 1 heterocycles. The van der Waals surface area contributed by atoms with Gasteiger partial charge in [-0.05, 0) is 12.5 Å². The predicted octanol–water partition coefficient (Wildman–Crippen LogP) is 3.13. The third kappa shape index (κ3) is 2.45. The predicted molar refractivity (Wildman–Crippen MR) is 76.7 cm³/mol. The Morgan fingerprint density at radius 1 is 1.00 bits per heavy atom. The lowest BCUT2D eigenvalue weighted by Gasteiger charge is -2.23. The topological polar surface area (TPSA) is 29.5 Å². The van der Waals surface area contributed by atoms with Crippen molar-refractivity contribution in [1.29, 1.82) is 0 Å². The van der Waals surface area contributed by atoms with Gasteiger partial charge in [-0.3, -0.25) is 4.79 Å². The monoisotopic (exact) mass is 267 g/mol. The van der Waals surface area contributed by atoms with Crippen LogP contribution in [0.4, 0.5) is 0 Å². The molecule has 20 heavy (non-hydrogen) atoms. The molecule has 1 aliphatic rings. The van der Waals surface area contributed by atoms with Gasteiger partial charge in [-0.1, -0.05) is 60.7 Å². The largest absolute Gasteiger partial charge is 0.341 e. The molecular formula is C17H17NO2. The molecule has 0 aromatic heterocycles. The van der Waals surface area contributed by atoms with Crippen LogP contribution in [0.3, 0.4) is 0 Å². The second kappa shape index (κ2) is 5.47. The summed E-state index contributed by atoms with van der Waals surface area (Å²) in [6, 6.07) is 19.9. The molecule has 1 amide bonds. The minimum Gasteiger partial charge on any atom is -0.341 e. The maximum atomic E-state index is 12.3. The minimum atomic E-state index is -0.385. The summed E-state index contributed by atoms with van der Waals surface area (Å²) in [5, 5.41) is 0. The van der Waals surface area contributed by atoms with E-state index in [1.54, 1.807) is 4.90 Å². The van der Waals surface area contributed by atoms with Crippen LogP contribution in [0.2, 0.25) is 0 Å². The van der Waals surface area contributed by atoms with Gasteiger partial charge in [0.1, 0.15) is 6.10 Å². The quantitative estimate of drug-likeness (QED) is 0.855. The summed E-state index contributed by atoms with van der Waals surface area (Å²) in [4.78, 5) is 14.1. The summed E-state index contributed by atoms with van der Waals surface area (Å²) in [7, 11) is 0. The molecule has 3 heteroatoms. The number of nitrogens with zero attached hydrogens (tertiary/aromatic N) is 1. The fourth-order valence-electron chi connectivity index (χ4n) is 2.49. The van der Waals surface area contributed by atoms with E-state index in [1.807, 2.05) is 67.6 Å². The fraction of sp³-hybridized carbons (Fsp3) is 0.235. The first-order chi connectivity index (χ1) is 9.75. The summed E-state index contributed by atoms with van der Waals surface area (Å²) >= 11 is 0. The van der Waals surface area contributed by atoms with Gasteiger partial charge < -0.3 is 9.64 Å². The average molecular weight is 267 g/mol. The number of rotatable bonds is 3. The molecule has 1 fully saturated rings. The Bertz CT molecular complexity index is 582. The Balaban J connectivity index is 1.87. The molecule has 0 saturated carbocycles. The van der Waals surface area contributed by atoms with Gasteiger partial charge >= 0.3 is 0 Å². The molecule has 0 radical (unpaired) electrons. The van der Waals surface area contributed by atoms with Crippen molar-refractivity contribution < 1.29 is 9.53 Å². The van der Waals surface area contributed by atoms with E-state index in [1.165, 1.54) is 0 Å². The van der Waals surface area contributed by atoms with Crippen LogP contribution in [0.1, 0.15) is 24.3 Å². The zero-order chi connectivity index (χ0) is 13.9. The second-order valence-corrected chi connectivity index (χ2v) is 4.99. The molecule has 0 spiro atoms. The van der Waals surface area contributed by atoms with E-state index >= 15 is 0 Å². The van der Waals surface area contributed by atoms with Crippen molar-refractivity contribution in [2.24, 2.45) is 0 Å². The zero-order valence-corrected chi connectivity index (χ0v) is 11.4. The highest BCUT2D eigenvalue weighted by Crippen LogP contribution is 2.32. The van der Waals surface area contributed by atoms with E-state index < -0.39 is 0 Å². The molecule has 3 rings (SSSR count). The molecule has 0 N–H and O–H groups in total. The number of benzene rings is 2. The summed E-state index contributed by atoms with van der Waals surface area (Å²) in [6.07, 6.45) is -0.678. The number of carbonyl (C=O) groups is 1. The van der Waals surface area contributed by atoms with E-state index in [2.05, 4.69) is 0 Å². The summed E-state index contributed by atoms with van der Waals surface area (Å²) in [6.45, 7) is 2.38. The lowest BCUT2D eigenvalue weighted by Crippen LogP contribution is -2.29. The Hall–Kier alpha value is -2.13. The van der Waals surface area contributed by atoms with Gasteiger partial charge in [0, 0.05) is 12.1 Å². The molecular weight excluding hydrogens is 250 g/mol. The molecule has 2 unspecified atom stereocenters. The third-order valence-electron chi connectivity index (χ3n) is 3.53. The third-order valence-corrected chi connectivity index (χ3v) is 3.53. The Morgan fingerprint density at radius 3 is 2.25 bits per heavy atom. The average Bonchev–Trinajstić information content (AvgIpc) is 2.78. The first-order valence-corrected chi connectivity index (χ1v) is 6.80. The van der Waals surface area contributed by atoms with Gasteiger partial charge in [0.05, 0.1) is 0 Å². The van der Waals surface area contributed by atoms with Crippen LogP contribution in [-0.4, -0.2) is 16.9 Å². The molecule has 2 atom stereocenters. The Morgan fingerprint density at radius 2 is 1.60 bits per heavy atom. The highest BCUT2D eigenvalue weighted by molar-refractivity contribution is 5.82. The van der Waals surface area contributed by atoms with Crippen LogP contribution >= 0.6 is 0 Å². The highest BCUT2D eigenvalue weighted by atomic mass is 16.5. The maximum Gasteiger partial charge on any atom is 0.254 e. The molecule has 102 valence electrons. The smallest absolute Gasteiger partial charge is 0.254 e. The highest BCUT2D eigenvalue weighted by Gasteiger charge is 2.38. The van der Waals surface area contributed by atoms with Crippen molar-refractivity contribution in [3.8, 4) is 0 Å². The lowest BCUT2D eigenvalue weighted by atomic mass is 10.1. The van der Waals surface area contributed by atoms with Crippen molar-refractivity contribution in [1.82, 2.24) is 4.90 Å². The molecule has 3 nitrogen and oxygen atoms in total. The van der Waals surface area contributed by atoms with Gasteiger partial charge in [0.15, 0.2) is 6.23 Å². The van der Waals surface area contributed by atoms with Gasteiger partial charge in [0.2, 0.25) is 0 Å². The SMILES string of the molecule is CC1OC(c2ccccc2)N(Cc2ccccc2)C1=O. The van der Waals surface area contributed by atoms with Crippen LogP contribution in [-0.2, 0) is 16.1 Å². The fourth-order valence-corrected chi connectivity index (χ4v) is 2.49. The molecule has 0 aliphatic carbocycles. The first kappa shape index (κ1) is 12.9. The second-order valence-electron chi connectivity index (χ2n) is 4.99. The van der Waals surface area contributed by atoms with E-state index in [-0.39, 0.29) is 18.2 Å². The summed E-state index contributed by atoms with van der Waals surface area (Å²) in [5.74, 6) is 0.0442. The van der Waals surface area contributed by atoms with Gasteiger partial charge in [-0.2, -0.15) is 0 Å². The van der Waals surface area contributed by atoms with E-state index in [0.717, 1.165) is 11.1 Å². The summed E-state index contributed by atoms with van der Waals surface area (Å²) in [5.41, 5.74) is 2.13. The zero-order valence-electron chi connectivity index (χ0n) is 11.4. The van der Waals surface area contributed by atoms with E-state index in [0.29, 0.717) is 6.54 Å². The van der Waals surface area contributed by atoms with Crippen LogP contribution in [0.5, 0.6) is 0 Å². The molecule has 2 aromatic rings. The van der Waals surface area contributed by atoms with Gasteiger partial charge in [-0.15, -0.1) is 0 Å². The lowest BCUT2D eigenvalue weighted by molar-refractivity contribution is -0.130. The van der Waals surface area contributed by atoms with E-state index in [4.69, 9.17) is 4.74 Å². The van der Waals surface area contributed by atoms with Crippen molar-refractivity contribution in [3.05, 3.63) is 71.8 Å². The molecule has 1 saturated heterocycles. The van der Waals surface area contributed by atoms with Crippen LogP contribution in [0, 0.1) is 0 Å². The Kier molecular flexibility index (Phi) is 3.52. The number of amides is 1. The van der Waals surface area contributed by atoms with Crippen molar-refractivity contribution in [2.75, 3.05) is 0 Å². The van der Waals surface area contributed by atoms with Crippen molar-refractivity contribution >= 4 is 5.91 Å². The molecule has 1 aliphatic heterocycles. The van der Waals surface area contributed by atoms with Crippen molar-refractivity contribution in [2.45, 2.75) is 25.8 Å². The molecule has 0 bridgehead atoms. The van der Waals surface area contributed by atoms with Crippen LogP contribution in [0.25, 0.3) is 0 Å². The number of carbonyl (C=O) groups excluding carboxylic acids is 1. The first-order valence-electron chi connectivity index (χ1n) is 6.80. The normalized spacial score (nSPS) is 22.2. The number of ether oxygens (including phenoxy) is 1. The van der Waals surface area contributed by atoms with Crippen LogP contribution in [0.15, 0.2) is 60.7 Å². The van der Waals surface area contributed by atoms with E-state index in [9.17, 15) is 4.79 Å².